The number of hydrogen-bond acceptors (Lipinski definition) is 18. The number of carbonyl (C=O) groups is 10. The van der Waals surface area contributed by atoms with Crippen molar-refractivity contribution >= 4 is 92.0 Å². The smallest absolute Gasteiger partial charge is 0.245 e. The number of primary amides is 2. The molecule has 1 aliphatic rings. The Morgan fingerprint density at radius 1 is 0.648 bits per heavy atom. The highest BCUT2D eigenvalue weighted by Crippen LogP contribution is 2.26. The zero-order valence-electron chi connectivity index (χ0n) is 48.8. The molecule has 1 aliphatic heterocycles. The number of benzene rings is 4. The van der Waals surface area contributed by atoms with E-state index in [1.54, 1.807) is 60.7 Å². The van der Waals surface area contributed by atoms with Gasteiger partial charge in [0.15, 0.2) is 11.6 Å². The first-order valence-corrected chi connectivity index (χ1v) is 31.7. The normalized spacial score (nSPS) is 20.5. The van der Waals surface area contributed by atoms with Gasteiger partial charge in [0.25, 0.3) is 0 Å². The number of amides is 8. The van der Waals surface area contributed by atoms with Crippen LogP contribution in [0.25, 0.3) is 0 Å². The molecule has 0 saturated carbocycles. The molecule has 10 atom stereocenters. The first-order valence-electron chi connectivity index (χ1n) is 28.9. The van der Waals surface area contributed by atoms with Gasteiger partial charge in [-0.25, -0.2) is 0 Å². The lowest BCUT2D eigenvalue weighted by Crippen LogP contribution is -2.62. The lowest BCUT2D eigenvalue weighted by molar-refractivity contribution is -0.137. The fraction of sp³-hybridized carbons (Fsp3) is 0.443. The summed E-state index contributed by atoms with van der Waals surface area (Å²) < 4.78 is 0. The quantitative estimate of drug-likeness (QED) is 0.0304. The van der Waals surface area contributed by atoms with Crippen molar-refractivity contribution in [3.05, 3.63) is 130 Å². The highest BCUT2D eigenvalue weighted by Gasteiger charge is 2.37. The number of ketones is 2. The zero-order valence-corrected chi connectivity index (χ0v) is 51.2. The van der Waals surface area contributed by atoms with E-state index in [1.807, 2.05) is 0 Å². The molecule has 0 aromatic heterocycles. The van der Waals surface area contributed by atoms with Gasteiger partial charge in [0.05, 0.1) is 24.2 Å². The summed E-state index contributed by atoms with van der Waals surface area (Å²) in [5.41, 5.74) is 32.2. The molecule has 4 aromatic rings. The van der Waals surface area contributed by atoms with Crippen molar-refractivity contribution in [3.63, 3.8) is 0 Å². The maximum Gasteiger partial charge on any atom is 0.245 e. The number of nitrogens with two attached hydrogens (primary N) is 5. The Hall–Kier alpha value is -7.59. The standard InChI is InChI=1S/C61H80ClN11O13S2/c1-34(74)54-61(86)72-50(60(85)69-47(55(67)80)28-38-17-23-43(76)24-18-38)33-88-87-32-49(71-57(82)45(65)27-36-13-19-41(62)20-14-36)52(78)31-40(26-35-15-21-42(75)22-16-35)56(81)70-48(59(84)68-46(58(83)73-54)7-4-5-25-63)29-37-9-11-39(12-10-37)30-51(77)44(64)6-2-3-8-53(66)79/h9-24,34,40,44-50,54,74-76H,2-8,25-33,63-65H2,1H3,(H2,66,79)(H2,67,80)(H,68,84)(H,69,85)(H,70,81)(H,71,82)(H,72,86)(H,73,83)/t34-,40-,44+,45+,46+,47-,48-,49-,50+,54+/m1/s1. The summed E-state index contributed by atoms with van der Waals surface area (Å²) in [6, 6.07) is 14.0. The molecule has 0 aliphatic carbocycles. The van der Waals surface area contributed by atoms with Gasteiger partial charge >= 0.3 is 0 Å². The van der Waals surface area contributed by atoms with Crippen LogP contribution in [0.3, 0.4) is 0 Å². The van der Waals surface area contributed by atoms with Crippen LogP contribution in [0.1, 0.15) is 86.1 Å². The number of aromatic hydroxyl groups is 2. The first-order chi connectivity index (χ1) is 41.9. The minimum Gasteiger partial charge on any atom is -0.508 e. The number of phenols is 2. The number of phenolic OH excluding ortho intramolecular Hbond substituents is 2. The van der Waals surface area contributed by atoms with E-state index >= 15 is 0 Å². The van der Waals surface area contributed by atoms with Crippen LogP contribution in [0, 0.1) is 5.92 Å². The third kappa shape index (κ3) is 24.2. The van der Waals surface area contributed by atoms with Gasteiger partial charge in [0.2, 0.25) is 47.3 Å². The average molecular weight is 1270 g/mol. The Labute approximate surface area is 523 Å². The number of rotatable bonds is 26. The molecule has 476 valence electrons. The van der Waals surface area contributed by atoms with E-state index in [0.717, 1.165) is 21.6 Å². The van der Waals surface area contributed by atoms with Gasteiger partial charge in [-0.2, -0.15) is 0 Å². The molecule has 5 rings (SSSR count). The Bertz CT molecular complexity index is 3020. The molecule has 1 fully saturated rings. The minimum absolute atomic E-state index is 0.0332. The molecule has 0 unspecified atom stereocenters. The Balaban J connectivity index is 1.56. The topological polar surface area (TPSA) is 434 Å². The highest BCUT2D eigenvalue weighted by molar-refractivity contribution is 8.76. The van der Waals surface area contributed by atoms with Crippen molar-refractivity contribution in [3.8, 4) is 11.5 Å². The number of unbranched alkanes of at least 4 members (excludes halogenated alkanes) is 2. The highest BCUT2D eigenvalue weighted by atomic mass is 35.5. The number of nitrogens with one attached hydrogen (secondary N) is 6. The van der Waals surface area contributed by atoms with E-state index in [9.17, 15) is 63.3 Å². The molecule has 24 nitrogen and oxygen atoms in total. The molecule has 0 radical (unpaired) electrons. The van der Waals surface area contributed by atoms with Crippen LogP contribution >= 0.6 is 33.2 Å². The van der Waals surface area contributed by atoms with Gasteiger partial charge in [-0.3, -0.25) is 47.9 Å². The Kier molecular flexibility index (Phi) is 29.1. The molecule has 1 heterocycles. The van der Waals surface area contributed by atoms with Gasteiger partial charge in [-0.1, -0.05) is 100 Å². The van der Waals surface area contributed by atoms with Crippen molar-refractivity contribution in [2.75, 3.05) is 18.1 Å². The van der Waals surface area contributed by atoms with E-state index in [2.05, 4.69) is 31.9 Å². The summed E-state index contributed by atoms with van der Waals surface area (Å²) in [4.78, 5) is 139. The minimum atomic E-state index is -1.77. The van der Waals surface area contributed by atoms with Crippen LogP contribution < -0.4 is 60.6 Å². The second-order valence-corrected chi connectivity index (χ2v) is 24.8. The third-order valence-electron chi connectivity index (χ3n) is 14.6. The molecule has 1 saturated heterocycles. The summed E-state index contributed by atoms with van der Waals surface area (Å²) in [5, 5.41) is 47.5. The summed E-state index contributed by atoms with van der Waals surface area (Å²) in [7, 11) is 1.96. The predicted molar refractivity (Wildman–Crippen MR) is 335 cm³/mol. The van der Waals surface area contributed by atoms with Crippen molar-refractivity contribution in [2.45, 2.75) is 145 Å². The van der Waals surface area contributed by atoms with E-state index in [4.69, 9.17) is 40.3 Å². The molecular weight excluding hydrogens is 1190 g/mol. The van der Waals surface area contributed by atoms with Crippen molar-refractivity contribution in [2.24, 2.45) is 34.6 Å². The van der Waals surface area contributed by atoms with Crippen LogP contribution in [-0.2, 0) is 80.0 Å². The fourth-order valence-corrected chi connectivity index (χ4v) is 11.9. The first kappa shape index (κ1) is 71.2. The fourth-order valence-electron chi connectivity index (χ4n) is 9.44. The number of hydrogen-bond donors (Lipinski definition) is 14. The molecule has 27 heteroatoms. The van der Waals surface area contributed by atoms with Gasteiger partial charge in [-0.15, -0.1) is 0 Å². The van der Waals surface area contributed by atoms with E-state index < -0.39 is 120 Å². The van der Waals surface area contributed by atoms with E-state index in [1.165, 1.54) is 43.3 Å². The van der Waals surface area contributed by atoms with Gasteiger partial charge in [-0.05, 0) is 123 Å². The maximum atomic E-state index is 15.0. The lowest BCUT2D eigenvalue weighted by atomic mass is 9.90. The summed E-state index contributed by atoms with van der Waals surface area (Å²) >= 11 is 6.10. The monoisotopic (exact) mass is 1270 g/mol. The molecule has 19 N–H and O–H groups in total. The predicted octanol–water partition coefficient (Wildman–Crippen LogP) is 0.708. The second kappa shape index (κ2) is 36.0. The Morgan fingerprint density at radius 2 is 1.20 bits per heavy atom. The summed E-state index contributed by atoms with van der Waals surface area (Å²) in [6.07, 6.45) is -0.501. The number of halogens is 1. The number of Topliss-reactive ketones (excluding diaryl/α,β-unsaturated/α-hetero) is 2. The average Bonchev–Trinajstić information content (AvgIpc) is 3.66. The zero-order chi connectivity index (χ0) is 64.5. The molecule has 0 spiro atoms. The molecular formula is C61H80ClN11O13S2. The molecule has 0 bridgehead atoms. The largest absolute Gasteiger partial charge is 0.508 e. The van der Waals surface area contributed by atoms with E-state index in [-0.39, 0.29) is 86.7 Å². The SMILES string of the molecule is C[C@@H](O)[C@@H]1NC(=O)[C@H](CCCCN)NC(=O)[C@@H](Cc2ccc(CC(=O)[C@@H](N)CCCCC(N)=O)cc2)NC(=O)[C@H](Cc2ccc(O)cc2)CC(=O)[C@H](NC(=O)[C@@H](N)Cc2ccc(Cl)cc2)CSSC[C@@H](C(=O)N[C@H](Cc2ccc(O)cc2)C(N)=O)NC1=O. The molecule has 88 heavy (non-hydrogen) atoms. The summed E-state index contributed by atoms with van der Waals surface area (Å²) in [5.74, 6) is -9.52. The van der Waals surface area contributed by atoms with Crippen LogP contribution in [-0.4, -0.2) is 147 Å². The maximum absolute atomic E-state index is 15.0. The number of aliphatic hydroxyl groups excluding tert-OH is 1. The van der Waals surface area contributed by atoms with Crippen LogP contribution in [0.2, 0.25) is 5.02 Å². The van der Waals surface area contributed by atoms with Crippen LogP contribution in [0.15, 0.2) is 97.1 Å². The second-order valence-electron chi connectivity index (χ2n) is 21.8. The van der Waals surface area contributed by atoms with Crippen molar-refractivity contribution in [1.82, 2.24) is 31.9 Å². The van der Waals surface area contributed by atoms with Gasteiger partial charge in [0, 0.05) is 54.6 Å². The third-order valence-corrected chi connectivity index (χ3v) is 17.3. The molecule has 4 aromatic carbocycles. The number of aliphatic hydroxyl groups is 1. The van der Waals surface area contributed by atoms with Gasteiger partial charge in [0.1, 0.15) is 41.7 Å². The van der Waals surface area contributed by atoms with Crippen LogP contribution in [0.4, 0.5) is 0 Å². The number of carbonyl (C=O) groups excluding carboxylic acids is 10. The summed E-state index contributed by atoms with van der Waals surface area (Å²) in [6.45, 7) is 1.42. The molecule has 8 amide bonds. The van der Waals surface area contributed by atoms with Gasteiger partial charge < -0.3 is 75.9 Å². The lowest BCUT2D eigenvalue weighted by Gasteiger charge is -2.29. The van der Waals surface area contributed by atoms with Crippen molar-refractivity contribution in [1.29, 1.82) is 0 Å². The van der Waals surface area contributed by atoms with Crippen LogP contribution in [0.5, 0.6) is 11.5 Å². The van der Waals surface area contributed by atoms with E-state index in [0.29, 0.717) is 58.5 Å². The van der Waals surface area contributed by atoms with Crippen molar-refractivity contribution < 1.29 is 63.3 Å². The Morgan fingerprint density at radius 3 is 1.82 bits per heavy atom.